The van der Waals surface area contributed by atoms with Crippen molar-refractivity contribution in [2.75, 3.05) is 0 Å². The number of fused-ring (bicyclic) bond motifs is 3. The lowest BCUT2D eigenvalue weighted by molar-refractivity contribution is -0.233. The molecule has 0 bridgehead atoms. The van der Waals surface area contributed by atoms with E-state index >= 15 is 0 Å². The van der Waals surface area contributed by atoms with Gasteiger partial charge in [0.1, 0.15) is 11.3 Å². The van der Waals surface area contributed by atoms with Crippen molar-refractivity contribution >= 4 is 22.6 Å². The third-order valence-electron chi connectivity index (χ3n) is 7.67. The van der Waals surface area contributed by atoms with Gasteiger partial charge in [0, 0.05) is 24.3 Å². The van der Waals surface area contributed by atoms with Crippen LogP contribution in [0.2, 0.25) is 5.02 Å². The van der Waals surface area contributed by atoms with E-state index in [-0.39, 0.29) is 17.6 Å². The molecule has 3 aromatic rings. The van der Waals surface area contributed by atoms with Crippen molar-refractivity contribution in [1.82, 2.24) is 0 Å². The maximum absolute atomic E-state index is 13.2. The first-order chi connectivity index (χ1) is 16.2. The monoisotopic (exact) mass is 480 g/mol. The van der Waals surface area contributed by atoms with E-state index in [2.05, 4.69) is 20.8 Å². The molecule has 5 heteroatoms. The summed E-state index contributed by atoms with van der Waals surface area (Å²) in [6.07, 6.45) is 4.08. The second-order valence-electron chi connectivity index (χ2n) is 10.7. The van der Waals surface area contributed by atoms with Crippen LogP contribution in [-0.4, -0.2) is 11.9 Å². The highest BCUT2D eigenvalue weighted by molar-refractivity contribution is 6.30. The molecule has 1 aromatic heterocycles. The van der Waals surface area contributed by atoms with Crippen molar-refractivity contribution in [3.63, 3.8) is 0 Å². The zero-order valence-electron chi connectivity index (χ0n) is 20.3. The van der Waals surface area contributed by atoms with Crippen LogP contribution in [-0.2, 0) is 4.74 Å². The predicted octanol–water partition coefficient (Wildman–Crippen LogP) is 7.55. The molecule has 2 aromatic carbocycles. The summed E-state index contributed by atoms with van der Waals surface area (Å²) in [4.78, 5) is 13.2. The molecule has 4 nitrogen and oxygen atoms in total. The number of rotatable bonds is 4. The summed E-state index contributed by atoms with van der Waals surface area (Å²) in [7, 11) is 0. The first-order valence-corrected chi connectivity index (χ1v) is 12.8. The Labute approximate surface area is 206 Å². The summed E-state index contributed by atoms with van der Waals surface area (Å²) in [6.45, 7) is 8.90. The fourth-order valence-electron chi connectivity index (χ4n) is 5.90. The molecular formula is C29H33ClO4. The molecule has 2 heterocycles. The average molecular weight is 481 g/mol. The van der Waals surface area contributed by atoms with Crippen molar-refractivity contribution in [3.8, 4) is 5.75 Å². The van der Waals surface area contributed by atoms with Crippen molar-refractivity contribution in [1.29, 1.82) is 0 Å². The van der Waals surface area contributed by atoms with Crippen LogP contribution in [0.1, 0.15) is 70.4 Å². The van der Waals surface area contributed by atoms with E-state index in [4.69, 9.17) is 25.5 Å². The van der Waals surface area contributed by atoms with Gasteiger partial charge in [-0.05, 0) is 60.4 Å². The van der Waals surface area contributed by atoms with Crippen molar-refractivity contribution in [2.45, 2.75) is 71.2 Å². The molecule has 2 aliphatic rings. The van der Waals surface area contributed by atoms with Gasteiger partial charge in [-0.3, -0.25) is 0 Å². The summed E-state index contributed by atoms with van der Waals surface area (Å²) in [6, 6.07) is 15.3. The first kappa shape index (κ1) is 23.4. The molecule has 1 saturated carbocycles. The normalized spacial score (nSPS) is 29.1. The predicted molar refractivity (Wildman–Crippen MR) is 136 cm³/mol. The molecule has 1 aliphatic carbocycles. The number of ether oxygens (including phenoxy) is 2. The van der Waals surface area contributed by atoms with E-state index in [1.165, 1.54) is 12.8 Å². The quantitative estimate of drug-likeness (QED) is 0.361. The maximum Gasteiger partial charge on any atom is 0.343 e. The molecule has 34 heavy (non-hydrogen) atoms. The Balaban J connectivity index is 1.61. The summed E-state index contributed by atoms with van der Waals surface area (Å²) >= 11 is 6.17. The van der Waals surface area contributed by atoms with E-state index in [0.717, 1.165) is 17.4 Å². The number of para-hydroxylation sites is 1. The minimum atomic E-state index is -0.872. The average Bonchev–Trinajstić information content (AvgIpc) is 2.78. The Morgan fingerprint density at radius 1 is 1.09 bits per heavy atom. The van der Waals surface area contributed by atoms with E-state index < -0.39 is 5.79 Å². The fraction of sp³-hybridized carbons (Fsp3) is 0.483. The van der Waals surface area contributed by atoms with Gasteiger partial charge in [0.15, 0.2) is 0 Å². The van der Waals surface area contributed by atoms with Crippen LogP contribution in [0.5, 0.6) is 5.75 Å². The Morgan fingerprint density at radius 3 is 2.56 bits per heavy atom. The lowest BCUT2D eigenvalue weighted by Crippen LogP contribution is -2.48. The van der Waals surface area contributed by atoms with Crippen molar-refractivity contribution in [3.05, 3.63) is 75.1 Å². The minimum absolute atomic E-state index is 0.118. The van der Waals surface area contributed by atoms with Crippen LogP contribution in [0.3, 0.4) is 0 Å². The Hall–Kier alpha value is -2.30. The van der Waals surface area contributed by atoms with Crippen LogP contribution in [0.15, 0.2) is 57.7 Å². The van der Waals surface area contributed by atoms with Gasteiger partial charge in [-0.25, -0.2) is 4.79 Å². The van der Waals surface area contributed by atoms with E-state index in [1.54, 1.807) is 0 Å². The summed E-state index contributed by atoms with van der Waals surface area (Å²) in [5, 5.41) is 1.46. The third kappa shape index (κ3) is 4.38. The summed E-state index contributed by atoms with van der Waals surface area (Å²) < 4.78 is 19.3. The van der Waals surface area contributed by atoms with Crippen LogP contribution in [0.25, 0.3) is 11.0 Å². The molecule has 0 radical (unpaired) electrons. The molecule has 0 unspecified atom stereocenters. The van der Waals surface area contributed by atoms with E-state index in [1.807, 2.05) is 55.5 Å². The molecule has 1 aliphatic heterocycles. The van der Waals surface area contributed by atoms with Gasteiger partial charge in [-0.1, -0.05) is 63.1 Å². The van der Waals surface area contributed by atoms with Crippen LogP contribution >= 0.6 is 11.6 Å². The maximum atomic E-state index is 13.2. The van der Waals surface area contributed by atoms with Crippen LogP contribution in [0, 0.1) is 17.8 Å². The van der Waals surface area contributed by atoms with Gasteiger partial charge < -0.3 is 13.9 Å². The number of hydrogen-bond donors (Lipinski definition) is 0. The second kappa shape index (κ2) is 9.05. The van der Waals surface area contributed by atoms with Crippen molar-refractivity contribution < 1.29 is 13.9 Å². The molecular weight excluding hydrogens is 448 g/mol. The van der Waals surface area contributed by atoms with Gasteiger partial charge in [0.05, 0.1) is 17.1 Å². The lowest BCUT2D eigenvalue weighted by Gasteiger charge is -2.45. The topological polar surface area (TPSA) is 48.7 Å². The molecule has 0 amide bonds. The summed E-state index contributed by atoms with van der Waals surface area (Å²) in [5.41, 5.74) is 1.72. The molecule has 0 saturated heterocycles. The standard InChI is InChI=1S/C29H33ClO4/c1-17(2)21-14-9-18(3)15-25(21)33-29(4)16-23(19-10-12-20(30)13-11-19)26-27(34-29)22-7-5-6-8-24(22)32-28(26)31/h5-8,10-13,17-18,21,23,25H,9,14-16H2,1-4H3/t18-,21+,23+,25-,29-/m1/s1. The Kier molecular flexibility index (Phi) is 6.24. The molecule has 5 rings (SSSR count). The molecule has 0 spiro atoms. The van der Waals surface area contributed by atoms with Crippen LogP contribution < -0.4 is 10.4 Å². The number of benzene rings is 2. The van der Waals surface area contributed by atoms with Gasteiger partial charge in [0.25, 0.3) is 0 Å². The fourth-order valence-corrected chi connectivity index (χ4v) is 6.02. The minimum Gasteiger partial charge on any atom is -0.461 e. The van der Waals surface area contributed by atoms with Gasteiger partial charge in [-0.15, -0.1) is 0 Å². The number of hydrogen-bond acceptors (Lipinski definition) is 4. The molecule has 5 atom stereocenters. The highest BCUT2D eigenvalue weighted by Crippen LogP contribution is 2.48. The first-order valence-electron chi connectivity index (χ1n) is 12.4. The Morgan fingerprint density at radius 2 is 1.82 bits per heavy atom. The summed E-state index contributed by atoms with van der Waals surface area (Å²) in [5.74, 6) is 1.14. The zero-order valence-corrected chi connectivity index (χ0v) is 21.1. The highest BCUT2D eigenvalue weighted by Gasteiger charge is 2.45. The molecule has 180 valence electrons. The Bertz CT molecular complexity index is 1230. The van der Waals surface area contributed by atoms with Gasteiger partial charge in [0.2, 0.25) is 5.79 Å². The van der Waals surface area contributed by atoms with Crippen molar-refractivity contribution in [2.24, 2.45) is 17.8 Å². The molecule has 0 N–H and O–H groups in total. The SMILES string of the molecule is CC(C)[C@@H]1CC[C@@H](C)C[C@H]1O[C@@]1(C)C[C@@H](c2ccc(Cl)cc2)c2c(c3ccccc3oc2=O)O1. The second-order valence-corrected chi connectivity index (χ2v) is 11.1. The van der Waals surface area contributed by atoms with E-state index in [0.29, 0.717) is 46.1 Å². The zero-order chi connectivity index (χ0) is 24.0. The van der Waals surface area contributed by atoms with Gasteiger partial charge >= 0.3 is 5.63 Å². The van der Waals surface area contributed by atoms with E-state index in [9.17, 15) is 4.79 Å². The van der Waals surface area contributed by atoms with Gasteiger partial charge in [-0.2, -0.15) is 0 Å². The molecule has 1 fully saturated rings. The van der Waals surface area contributed by atoms with Crippen LogP contribution in [0.4, 0.5) is 0 Å². The smallest absolute Gasteiger partial charge is 0.343 e. The largest absolute Gasteiger partial charge is 0.461 e. The lowest BCUT2D eigenvalue weighted by atomic mass is 9.75. The third-order valence-corrected chi connectivity index (χ3v) is 7.93. The highest BCUT2D eigenvalue weighted by atomic mass is 35.5. The number of halogens is 1.